The molecule has 0 heterocycles. The molecule has 0 aliphatic heterocycles. The lowest BCUT2D eigenvalue weighted by Crippen LogP contribution is -1.95. The molecule has 0 aromatic heterocycles. The third-order valence-corrected chi connectivity index (χ3v) is 2.95. The summed E-state index contributed by atoms with van der Waals surface area (Å²) in [5.74, 6) is 0.204. The van der Waals surface area contributed by atoms with Crippen molar-refractivity contribution in [2.75, 3.05) is 0 Å². The van der Waals surface area contributed by atoms with E-state index in [2.05, 4.69) is 0 Å². The first-order valence-electron chi connectivity index (χ1n) is 5.68. The Balaban J connectivity index is 2.40. The second-order valence-electron chi connectivity index (χ2n) is 4.03. The summed E-state index contributed by atoms with van der Waals surface area (Å²) in [5, 5.41) is 0.746. The number of ketones is 1. The maximum Gasteiger partial charge on any atom is 0.156 e. The molecule has 0 saturated carbocycles. The number of rotatable bonds is 0. The molecular formula is C12H19ClO. The van der Waals surface area contributed by atoms with E-state index >= 15 is 0 Å². The Kier molecular flexibility index (Phi) is 5.93. The van der Waals surface area contributed by atoms with Gasteiger partial charge in [0.15, 0.2) is 5.78 Å². The highest BCUT2D eigenvalue weighted by molar-refractivity contribution is 6.31. The van der Waals surface area contributed by atoms with Gasteiger partial charge in [0, 0.05) is 11.5 Å². The lowest BCUT2D eigenvalue weighted by atomic mass is 10.0. The highest BCUT2D eigenvalue weighted by Gasteiger charge is 2.02. The van der Waals surface area contributed by atoms with Crippen molar-refractivity contribution in [3.63, 3.8) is 0 Å². The van der Waals surface area contributed by atoms with Crippen LogP contribution in [-0.4, -0.2) is 5.78 Å². The summed E-state index contributed by atoms with van der Waals surface area (Å²) in [5.41, 5.74) is 0. The molecule has 0 atom stereocenters. The average Bonchev–Trinajstić information content (AvgIpc) is 2.13. The molecule has 0 unspecified atom stereocenters. The molecule has 0 fully saturated rings. The summed E-state index contributed by atoms with van der Waals surface area (Å²) in [6.45, 7) is 0. The van der Waals surface area contributed by atoms with Gasteiger partial charge in [-0.2, -0.15) is 0 Å². The summed E-state index contributed by atoms with van der Waals surface area (Å²) in [6.07, 6.45) is 11.7. The van der Waals surface area contributed by atoms with Crippen LogP contribution in [0.2, 0.25) is 0 Å². The van der Waals surface area contributed by atoms with E-state index in [0.717, 1.165) is 24.3 Å². The zero-order valence-electron chi connectivity index (χ0n) is 8.73. The number of allylic oxidation sites excluding steroid dienone is 2. The van der Waals surface area contributed by atoms with Gasteiger partial charge in [-0.3, -0.25) is 4.79 Å². The Bertz CT molecular complexity index is 208. The van der Waals surface area contributed by atoms with Crippen LogP contribution < -0.4 is 0 Å². The van der Waals surface area contributed by atoms with Crippen LogP contribution in [0.4, 0.5) is 0 Å². The summed E-state index contributed by atoms with van der Waals surface area (Å²) >= 11 is 5.95. The van der Waals surface area contributed by atoms with E-state index in [1.807, 2.05) is 0 Å². The SMILES string of the molecule is O=C1/C=C(/Cl)CCCCCCCCC1. The summed E-state index contributed by atoms with van der Waals surface area (Å²) in [7, 11) is 0. The zero-order valence-corrected chi connectivity index (χ0v) is 9.48. The fourth-order valence-electron chi connectivity index (χ4n) is 1.80. The molecule has 0 amide bonds. The van der Waals surface area contributed by atoms with Gasteiger partial charge in [0.25, 0.3) is 0 Å². The fraction of sp³-hybridized carbons (Fsp3) is 0.750. The second kappa shape index (κ2) is 7.05. The Hall–Kier alpha value is -0.300. The van der Waals surface area contributed by atoms with Gasteiger partial charge in [-0.25, -0.2) is 0 Å². The Morgan fingerprint density at radius 3 is 2.00 bits per heavy atom. The lowest BCUT2D eigenvalue weighted by molar-refractivity contribution is -0.114. The maximum atomic E-state index is 11.3. The van der Waals surface area contributed by atoms with Gasteiger partial charge in [-0.15, -0.1) is 0 Å². The molecule has 0 radical (unpaired) electrons. The van der Waals surface area contributed by atoms with Gasteiger partial charge < -0.3 is 0 Å². The molecule has 0 saturated heterocycles. The summed E-state index contributed by atoms with van der Waals surface area (Å²) in [6, 6.07) is 0. The minimum Gasteiger partial charge on any atom is -0.295 e. The molecule has 0 bridgehead atoms. The van der Waals surface area contributed by atoms with Crippen molar-refractivity contribution in [2.45, 2.75) is 57.8 Å². The van der Waals surface area contributed by atoms with Gasteiger partial charge in [-0.1, -0.05) is 43.7 Å². The van der Waals surface area contributed by atoms with Crippen LogP contribution in [0.25, 0.3) is 0 Å². The quantitative estimate of drug-likeness (QED) is 0.591. The van der Waals surface area contributed by atoms with Crippen molar-refractivity contribution in [2.24, 2.45) is 0 Å². The normalized spacial score (nSPS) is 25.8. The van der Waals surface area contributed by atoms with Crippen LogP contribution in [-0.2, 0) is 4.79 Å². The molecule has 14 heavy (non-hydrogen) atoms. The number of carbonyl (C=O) groups excluding carboxylic acids is 1. The molecular weight excluding hydrogens is 196 g/mol. The summed E-state index contributed by atoms with van der Waals surface area (Å²) < 4.78 is 0. The topological polar surface area (TPSA) is 17.1 Å². The molecule has 0 N–H and O–H groups in total. The lowest BCUT2D eigenvalue weighted by Gasteiger charge is -2.04. The van der Waals surface area contributed by atoms with Gasteiger partial charge in [0.1, 0.15) is 0 Å². The highest BCUT2D eigenvalue weighted by Crippen LogP contribution is 2.17. The molecule has 1 aliphatic carbocycles. The Morgan fingerprint density at radius 1 is 0.857 bits per heavy atom. The molecule has 1 rings (SSSR count). The van der Waals surface area contributed by atoms with Crippen molar-refractivity contribution in [1.29, 1.82) is 0 Å². The molecule has 0 aromatic rings. The van der Waals surface area contributed by atoms with Crippen LogP contribution in [0.5, 0.6) is 0 Å². The van der Waals surface area contributed by atoms with Crippen LogP contribution in [0.15, 0.2) is 11.1 Å². The van der Waals surface area contributed by atoms with Crippen LogP contribution in [0.3, 0.4) is 0 Å². The monoisotopic (exact) mass is 214 g/mol. The van der Waals surface area contributed by atoms with Gasteiger partial charge in [0.05, 0.1) is 0 Å². The van der Waals surface area contributed by atoms with E-state index in [9.17, 15) is 4.79 Å². The van der Waals surface area contributed by atoms with E-state index in [1.54, 1.807) is 6.08 Å². The van der Waals surface area contributed by atoms with E-state index in [4.69, 9.17) is 11.6 Å². The van der Waals surface area contributed by atoms with E-state index in [-0.39, 0.29) is 5.78 Å². The van der Waals surface area contributed by atoms with Gasteiger partial charge in [0.2, 0.25) is 0 Å². The first kappa shape index (κ1) is 11.8. The highest BCUT2D eigenvalue weighted by atomic mass is 35.5. The van der Waals surface area contributed by atoms with Crippen molar-refractivity contribution < 1.29 is 4.79 Å². The molecule has 80 valence electrons. The predicted octanol–water partition coefficient (Wildman–Crippen LogP) is 4.20. The number of halogens is 1. The minimum atomic E-state index is 0.204. The van der Waals surface area contributed by atoms with Crippen LogP contribution in [0, 0.1) is 0 Å². The van der Waals surface area contributed by atoms with Gasteiger partial charge in [-0.05, 0) is 25.3 Å². The number of hydrogen-bond donors (Lipinski definition) is 0. The Morgan fingerprint density at radius 2 is 1.36 bits per heavy atom. The first-order chi connectivity index (χ1) is 6.79. The predicted molar refractivity (Wildman–Crippen MR) is 60.5 cm³/mol. The minimum absolute atomic E-state index is 0.204. The third kappa shape index (κ3) is 5.43. The molecule has 0 aromatic carbocycles. The van der Waals surface area contributed by atoms with Crippen molar-refractivity contribution in [3.8, 4) is 0 Å². The second-order valence-corrected chi connectivity index (χ2v) is 4.52. The van der Waals surface area contributed by atoms with E-state index in [0.29, 0.717) is 6.42 Å². The van der Waals surface area contributed by atoms with E-state index in [1.165, 1.54) is 32.1 Å². The van der Waals surface area contributed by atoms with Gasteiger partial charge >= 0.3 is 0 Å². The molecule has 1 aliphatic rings. The third-order valence-electron chi connectivity index (χ3n) is 2.66. The first-order valence-corrected chi connectivity index (χ1v) is 6.06. The molecule has 1 nitrogen and oxygen atoms in total. The van der Waals surface area contributed by atoms with Crippen LogP contribution in [0.1, 0.15) is 57.8 Å². The maximum absolute atomic E-state index is 11.3. The van der Waals surface area contributed by atoms with Crippen molar-refractivity contribution in [3.05, 3.63) is 11.1 Å². The van der Waals surface area contributed by atoms with Crippen LogP contribution >= 0.6 is 11.6 Å². The smallest absolute Gasteiger partial charge is 0.156 e. The molecule has 2 heteroatoms. The largest absolute Gasteiger partial charge is 0.295 e. The fourth-order valence-corrected chi connectivity index (χ4v) is 2.05. The number of carbonyl (C=O) groups is 1. The van der Waals surface area contributed by atoms with Crippen molar-refractivity contribution >= 4 is 17.4 Å². The van der Waals surface area contributed by atoms with Crippen molar-refractivity contribution in [1.82, 2.24) is 0 Å². The molecule has 0 spiro atoms. The standard InChI is InChI=1S/C12H19ClO/c13-11-8-6-4-2-1-3-5-7-9-12(14)10-11/h10H,1-9H2/b11-10+. The van der Waals surface area contributed by atoms with E-state index < -0.39 is 0 Å². The summed E-state index contributed by atoms with van der Waals surface area (Å²) in [4.78, 5) is 11.3. The number of hydrogen-bond acceptors (Lipinski definition) is 1. The Labute approximate surface area is 91.5 Å². The average molecular weight is 215 g/mol. The zero-order chi connectivity index (χ0) is 10.2.